The molecule has 1 rings (SSSR count). The van der Waals surface area contributed by atoms with Crippen molar-refractivity contribution in [2.45, 2.75) is 84.2 Å². The average Bonchev–Trinajstić information content (AvgIpc) is 3.18. The van der Waals surface area contributed by atoms with Crippen molar-refractivity contribution in [2.24, 2.45) is 11.8 Å². The Morgan fingerprint density at radius 1 is 1.21 bits per heavy atom. The second-order valence-electron chi connectivity index (χ2n) is 7.81. The van der Waals surface area contributed by atoms with Crippen molar-refractivity contribution in [3.05, 3.63) is 0 Å². The Balaban J connectivity index is 2.89. The summed E-state index contributed by atoms with van der Waals surface area (Å²) < 4.78 is 0. The normalized spacial score (nSPS) is 19.8. The molecule has 162 valence electrons. The van der Waals surface area contributed by atoms with Crippen LogP contribution < -0.4 is 10.8 Å². The Kier molecular flexibility index (Phi) is 11.1. The van der Waals surface area contributed by atoms with Crippen LogP contribution in [-0.2, 0) is 14.4 Å². The van der Waals surface area contributed by atoms with Gasteiger partial charge in [0.1, 0.15) is 6.04 Å². The topological polar surface area (TPSA) is 119 Å². The first-order valence-electron chi connectivity index (χ1n) is 10.5. The van der Waals surface area contributed by atoms with Gasteiger partial charge in [0.15, 0.2) is 0 Å². The van der Waals surface area contributed by atoms with Gasteiger partial charge < -0.3 is 15.3 Å². The van der Waals surface area contributed by atoms with Gasteiger partial charge in [-0.25, -0.2) is 5.48 Å². The number of aliphatic hydroxyl groups excluding tert-OH is 1. The van der Waals surface area contributed by atoms with Crippen LogP contribution >= 0.6 is 0 Å². The maximum atomic E-state index is 13.1. The second-order valence-corrected chi connectivity index (χ2v) is 7.81. The summed E-state index contributed by atoms with van der Waals surface area (Å²) in [4.78, 5) is 39.3. The molecule has 0 aromatic rings. The van der Waals surface area contributed by atoms with E-state index in [1.54, 1.807) is 10.4 Å². The molecule has 0 aromatic heterocycles. The Labute approximate surface area is 168 Å². The summed E-state index contributed by atoms with van der Waals surface area (Å²) in [5.74, 6) is -1.77. The zero-order valence-corrected chi connectivity index (χ0v) is 17.4. The minimum absolute atomic E-state index is 0.0700. The van der Waals surface area contributed by atoms with Gasteiger partial charge in [0.2, 0.25) is 17.7 Å². The third-order valence-electron chi connectivity index (χ3n) is 5.73. The zero-order valence-electron chi connectivity index (χ0n) is 17.4. The molecule has 1 fully saturated rings. The fourth-order valence-electron chi connectivity index (χ4n) is 3.68. The van der Waals surface area contributed by atoms with E-state index < -0.39 is 17.9 Å². The standard InChI is InChI=1S/C20H37N3O5/c1-4-6-7-9-15(12-17(25)22-28)19(26)21-18(14(3)5-2)20(27)23-11-8-10-16(23)13-24/h14-16,18,24,28H,4-13H2,1-3H3,(H,21,26)(H,22,25). The Morgan fingerprint density at radius 3 is 2.50 bits per heavy atom. The smallest absolute Gasteiger partial charge is 0.245 e. The molecule has 0 radical (unpaired) electrons. The van der Waals surface area contributed by atoms with Crippen LogP contribution in [0.15, 0.2) is 0 Å². The lowest BCUT2D eigenvalue weighted by Gasteiger charge is -2.32. The van der Waals surface area contributed by atoms with Crippen LogP contribution in [0.4, 0.5) is 0 Å². The molecule has 8 nitrogen and oxygen atoms in total. The highest BCUT2D eigenvalue weighted by atomic mass is 16.5. The van der Waals surface area contributed by atoms with Crippen molar-refractivity contribution in [2.75, 3.05) is 13.2 Å². The van der Waals surface area contributed by atoms with E-state index in [0.29, 0.717) is 19.4 Å². The van der Waals surface area contributed by atoms with Crippen molar-refractivity contribution in [3.63, 3.8) is 0 Å². The minimum Gasteiger partial charge on any atom is -0.394 e. The number of carbonyl (C=O) groups is 3. The van der Waals surface area contributed by atoms with Gasteiger partial charge in [0, 0.05) is 18.9 Å². The number of rotatable bonds is 12. The quantitative estimate of drug-likeness (QED) is 0.226. The van der Waals surface area contributed by atoms with Crippen LogP contribution in [0.2, 0.25) is 0 Å². The number of hydrogen-bond donors (Lipinski definition) is 4. The lowest BCUT2D eigenvalue weighted by atomic mass is 9.93. The first-order chi connectivity index (χ1) is 13.4. The monoisotopic (exact) mass is 399 g/mol. The fourth-order valence-corrected chi connectivity index (χ4v) is 3.68. The first kappa shape index (κ1) is 24.4. The number of carbonyl (C=O) groups excluding carboxylic acids is 3. The Morgan fingerprint density at radius 2 is 1.93 bits per heavy atom. The number of amides is 3. The number of nitrogens with one attached hydrogen (secondary N) is 2. The van der Waals surface area contributed by atoms with Gasteiger partial charge in [-0.3, -0.25) is 19.6 Å². The maximum Gasteiger partial charge on any atom is 0.245 e. The molecular formula is C20H37N3O5. The van der Waals surface area contributed by atoms with Crippen LogP contribution in [0.5, 0.6) is 0 Å². The molecule has 0 bridgehead atoms. The van der Waals surface area contributed by atoms with Gasteiger partial charge in [0.25, 0.3) is 0 Å². The number of aliphatic hydroxyl groups is 1. The van der Waals surface area contributed by atoms with Gasteiger partial charge in [0.05, 0.1) is 12.6 Å². The van der Waals surface area contributed by atoms with E-state index in [1.807, 2.05) is 13.8 Å². The predicted molar refractivity (Wildman–Crippen MR) is 105 cm³/mol. The molecule has 8 heteroatoms. The summed E-state index contributed by atoms with van der Waals surface area (Å²) in [5, 5.41) is 21.2. The Bertz CT molecular complexity index is 514. The molecule has 1 saturated heterocycles. The highest BCUT2D eigenvalue weighted by Crippen LogP contribution is 2.22. The molecular weight excluding hydrogens is 362 g/mol. The molecule has 28 heavy (non-hydrogen) atoms. The third kappa shape index (κ3) is 7.05. The van der Waals surface area contributed by atoms with Crippen LogP contribution in [0, 0.1) is 11.8 Å². The molecule has 0 spiro atoms. The van der Waals surface area contributed by atoms with Crippen molar-refractivity contribution < 1.29 is 24.7 Å². The number of likely N-dealkylation sites (tertiary alicyclic amines) is 1. The SMILES string of the molecule is CCCCCC(CC(=O)NO)C(=O)NC(C(=O)N1CCCC1CO)C(C)CC. The summed E-state index contributed by atoms with van der Waals surface area (Å²) >= 11 is 0. The molecule has 0 aliphatic carbocycles. The van der Waals surface area contributed by atoms with Crippen LogP contribution in [0.25, 0.3) is 0 Å². The molecule has 0 saturated carbocycles. The van der Waals surface area contributed by atoms with E-state index in [9.17, 15) is 19.5 Å². The summed E-state index contributed by atoms with van der Waals surface area (Å²) in [5.41, 5.74) is 1.59. The molecule has 0 aromatic carbocycles. The van der Waals surface area contributed by atoms with Crippen molar-refractivity contribution in [3.8, 4) is 0 Å². The Hall–Kier alpha value is -1.67. The molecule has 1 heterocycles. The molecule has 4 atom stereocenters. The van der Waals surface area contributed by atoms with Crippen LogP contribution in [-0.4, -0.2) is 58.2 Å². The average molecular weight is 400 g/mol. The predicted octanol–water partition coefficient (Wildman–Crippen LogP) is 1.59. The highest BCUT2D eigenvalue weighted by Gasteiger charge is 2.36. The lowest BCUT2D eigenvalue weighted by molar-refractivity contribution is -0.141. The number of nitrogens with zero attached hydrogens (tertiary/aromatic N) is 1. The van der Waals surface area contributed by atoms with E-state index >= 15 is 0 Å². The van der Waals surface area contributed by atoms with E-state index in [-0.39, 0.29) is 36.8 Å². The number of unbranched alkanes of at least 4 members (excludes halogenated alkanes) is 2. The number of hydrogen-bond acceptors (Lipinski definition) is 5. The molecule has 4 N–H and O–H groups in total. The first-order valence-corrected chi connectivity index (χ1v) is 10.5. The van der Waals surface area contributed by atoms with E-state index in [2.05, 4.69) is 12.2 Å². The van der Waals surface area contributed by atoms with Crippen LogP contribution in [0.3, 0.4) is 0 Å². The zero-order chi connectivity index (χ0) is 21.1. The summed E-state index contributed by atoms with van der Waals surface area (Å²) in [6.07, 6.45) is 5.47. The van der Waals surface area contributed by atoms with E-state index in [4.69, 9.17) is 5.21 Å². The second kappa shape index (κ2) is 12.7. The summed E-state index contributed by atoms with van der Waals surface area (Å²) in [6, 6.07) is -0.882. The lowest BCUT2D eigenvalue weighted by Crippen LogP contribution is -2.54. The summed E-state index contributed by atoms with van der Waals surface area (Å²) in [6.45, 7) is 6.44. The molecule has 4 unspecified atom stereocenters. The molecule has 1 aliphatic rings. The van der Waals surface area contributed by atoms with E-state index in [0.717, 1.165) is 32.1 Å². The van der Waals surface area contributed by atoms with Crippen molar-refractivity contribution in [1.82, 2.24) is 15.7 Å². The number of hydroxylamine groups is 1. The van der Waals surface area contributed by atoms with Crippen molar-refractivity contribution in [1.29, 1.82) is 0 Å². The fraction of sp³-hybridized carbons (Fsp3) is 0.850. The molecule has 1 aliphatic heterocycles. The van der Waals surface area contributed by atoms with Gasteiger partial charge in [-0.05, 0) is 25.2 Å². The van der Waals surface area contributed by atoms with Gasteiger partial charge in [-0.15, -0.1) is 0 Å². The van der Waals surface area contributed by atoms with E-state index in [1.165, 1.54) is 0 Å². The minimum atomic E-state index is -0.685. The third-order valence-corrected chi connectivity index (χ3v) is 5.73. The highest BCUT2D eigenvalue weighted by molar-refractivity contribution is 5.91. The van der Waals surface area contributed by atoms with Gasteiger partial charge >= 0.3 is 0 Å². The largest absolute Gasteiger partial charge is 0.394 e. The van der Waals surface area contributed by atoms with Crippen LogP contribution in [0.1, 0.15) is 72.1 Å². The van der Waals surface area contributed by atoms with Crippen molar-refractivity contribution >= 4 is 17.7 Å². The maximum absolute atomic E-state index is 13.1. The molecule has 3 amide bonds. The van der Waals surface area contributed by atoms with Gasteiger partial charge in [-0.2, -0.15) is 0 Å². The van der Waals surface area contributed by atoms with Gasteiger partial charge in [-0.1, -0.05) is 46.5 Å². The summed E-state index contributed by atoms with van der Waals surface area (Å²) in [7, 11) is 0.